The van der Waals surface area contributed by atoms with Crippen molar-refractivity contribution >= 4 is 17.5 Å². The Hall–Kier alpha value is -2.43. The van der Waals surface area contributed by atoms with E-state index in [2.05, 4.69) is 22.2 Å². The summed E-state index contributed by atoms with van der Waals surface area (Å²) in [6, 6.07) is 7.97. The van der Waals surface area contributed by atoms with E-state index in [-0.39, 0.29) is 5.69 Å². The number of carboxylic acid groups (broad SMARTS) is 1. The monoisotopic (exact) mass is 257 g/mol. The van der Waals surface area contributed by atoms with Crippen LogP contribution in [0.2, 0.25) is 0 Å². The second kappa shape index (κ2) is 5.95. The van der Waals surface area contributed by atoms with Crippen LogP contribution in [0.15, 0.2) is 36.7 Å². The van der Waals surface area contributed by atoms with Crippen molar-refractivity contribution < 1.29 is 9.90 Å². The summed E-state index contributed by atoms with van der Waals surface area (Å²) in [5.74, 6) is -0.669. The number of nitrogens with zero attached hydrogens (tertiary/aromatic N) is 2. The summed E-state index contributed by atoms with van der Waals surface area (Å²) in [6.07, 6.45) is 4.87. The molecule has 0 unspecified atom stereocenters. The van der Waals surface area contributed by atoms with Gasteiger partial charge in [-0.2, -0.15) is 0 Å². The maximum atomic E-state index is 10.8. The molecule has 1 aromatic carbocycles. The lowest BCUT2D eigenvalue weighted by molar-refractivity contribution is 0.0690. The molecular weight excluding hydrogens is 242 g/mol. The van der Waals surface area contributed by atoms with Crippen LogP contribution in [0.1, 0.15) is 29.4 Å². The van der Waals surface area contributed by atoms with Gasteiger partial charge >= 0.3 is 5.97 Å². The van der Waals surface area contributed by atoms with Crippen LogP contribution in [0, 0.1) is 0 Å². The van der Waals surface area contributed by atoms with Gasteiger partial charge in [0.15, 0.2) is 5.69 Å². The first-order chi connectivity index (χ1) is 9.19. The van der Waals surface area contributed by atoms with Gasteiger partial charge in [0.05, 0.1) is 12.4 Å². The van der Waals surface area contributed by atoms with Crippen LogP contribution in [0.4, 0.5) is 11.5 Å². The van der Waals surface area contributed by atoms with Crippen molar-refractivity contribution in [3.63, 3.8) is 0 Å². The van der Waals surface area contributed by atoms with E-state index in [1.807, 2.05) is 24.3 Å². The van der Waals surface area contributed by atoms with Gasteiger partial charge in [0.1, 0.15) is 5.82 Å². The van der Waals surface area contributed by atoms with Crippen molar-refractivity contribution in [3.8, 4) is 0 Å². The molecule has 2 aromatic rings. The number of aromatic nitrogens is 2. The molecular formula is C14H15N3O2. The molecule has 0 spiro atoms. The Bertz CT molecular complexity index is 567. The van der Waals surface area contributed by atoms with Crippen LogP contribution in [-0.4, -0.2) is 21.0 Å². The fraction of sp³-hybridized carbons (Fsp3) is 0.214. The zero-order chi connectivity index (χ0) is 13.7. The SMILES string of the molecule is CCCc1ccc(Nc2cncc(C(=O)O)n2)cc1. The molecule has 0 aliphatic carbocycles. The van der Waals surface area contributed by atoms with Crippen LogP contribution >= 0.6 is 0 Å². The highest BCUT2D eigenvalue weighted by Gasteiger charge is 2.06. The van der Waals surface area contributed by atoms with Crippen molar-refractivity contribution in [1.29, 1.82) is 0 Å². The smallest absolute Gasteiger partial charge is 0.356 e. The third-order valence-electron chi connectivity index (χ3n) is 2.62. The molecule has 2 rings (SSSR count). The molecule has 0 saturated carbocycles. The van der Waals surface area contributed by atoms with E-state index in [4.69, 9.17) is 5.11 Å². The average Bonchev–Trinajstić information content (AvgIpc) is 2.42. The number of carbonyl (C=O) groups is 1. The standard InChI is InChI=1S/C14H15N3O2/c1-2-3-10-4-6-11(7-5-10)16-13-9-15-8-12(17-13)14(18)19/h4-9H,2-3H2,1H3,(H,16,17)(H,18,19). The number of anilines is 2. The van der Waals surface area contributed by atoms with E-state index >= 15 is 0 Å². The van der Waals surface area contributed by atoms with E-state index in [1.165, 1.54) is 18.0 Å². The van der Waals surface area contributed by atoms with E-state index in [9.17, 15) is 4.79 Å². The van der Waals surface area contributed by atoms with Crippen molar-refractivity contribution in [2.45, 2.75) is 19.8 Å². The Kier molecular flexibility index (Phi) is 4.07. The normalized spacial score (nSPS) is 10.2. The molecule has 0 aliphatic heterocycles. The van der Waals surface area contributed by atoms with Crippen LogP contribution < -0.4 is 5.32 Å². The van der Waals surface area contributed by atoms with Crippen LogP contribution in [0.3, 0.4) is 0 Å². The second-order valence-electron chi connectivity index (χ2n) is 4.17. The zero-order valence-corrected chi connectivity index (χ0v) is 10.6. The van der Waals surface area contributed by atoms with Gasteiger partial charge in [-0.3, -0.25) is 4.98 Å². The Morgan fingerprint density at radius 2 is 2.00 bits per heavy atom. The van der Waals surface area contributed by atoms with E-state index in [0.29, 0.717) is 5.82 Å². The lowest BCUT2D eigenvalue weighted by Gasteiger charge is -2.06. The number of aryl methyl sites for hydroxylation is 1. The molecule has 0 atom stereocenters. The third kappa shape index (κ3) is 3.51. The molecule has 0 aliphatic rings. The Balaban J connectivity index is 2.12. The molecule has 98 valence electrons. The predicted octanol–water partition coefficient (Wildman–Crippen LogP) is 2.87. The van der Waals surface area contributed by atoms with E-state index in [1.54, 1.807) is 0 Å². The molecule has 0 bridgehead atoms. The summed E-state index contributed by atoms with van der Waals surface area (Å²) in [6.45, 7) is 2.14. The first-order valence-corrected chi connectivity index (χ1v) is 6.10. The molecule has 5 heteroatoms. The van der Waals surface area contributed by atoms with Crippen molar-refractivity contribution in [2.24, 2.45) is 0 Å². The third-order valence-corrected chi connectivity index (χ3v) is 2.62. The molecule has 19 heavy (non-hydrogen) atoms. The van der Waals surface area contributed by atoms with Crippen LogP contribution in [0.25, 0.3) is 0 Å². The lowest BCUT2D eigenvalue weighted by atomic mass is 10.1. The molecule has 2 N–H and O–H groups in total. The molecule has 0 amide bonds. The van der Waals surface area contributed by atoms with Gasteiger partial charge in [-0.15, -0.1) is 0 Å². The first kappa shape index (κ1) is 13.0. The molecule has 0 saturated heterocycles. The van der Waals surface area contributed by atoms with Gasteiger partial charge in [-0.25, -0.2) is 9.78 Å². The highest BCUT2D eigenvalue weighted by molar-refractivity contribution is 5.85. The summed E-state index contributed by atoms with van der Waals surface area (Å²) in [4.78, 5) is 18.6. The first-order valence-electron chi connectivity index (χ1n) is 6.10. The van der Waals surface area contributed by atoms with Gasteiger partial charge in [0, 0.05) is 5.69 Å². The Morgan fingerprint density at radius 1 is 1.26 bits per heavy atom. The van der Waals surface area contributed by atoms with E-state index < -0.39 is 5.97 Å². The lowest BCUT2D eigenvalue weighted by Crippen LogP contribution is -2.04. The number of rotatable bonds is 5. The molecule has 1 heterocycles. The van der Waals surface area contributed by atoms with Gasteiger partial charge in [0.25, 0.3) is 0 Å². The largest absolute Gasteiger partial charge is 0.476 e. The second-order valence-corrected chi connectivity index (χ2v) is 4.17. The Labute approximate surface area is 111 Å². The topological polar surface area (TPSA) is 75.1 Å². The Morgan fingerprint density at radius 3 is 2.63 bits per heavy atom. The van der Waals surface area contributed by atoms with Gasteiger partial charge < -0.3 is 10.4 Å². The number of hydrogen-bond acceptors (Lipinski definition) is 4. The number of aromatic carboxylic acids is 1. The highest BCUT2D eigenvalue weighted by atomic mass is 16.4. The maximum absolute atomic E-state index is 10.8. The number of hydrogen-bond donors (Lipinski definition) is 2. The van der Waals surface area contributed by atoms with Crippen LogP contribution in [0.5, 0.6) is 0 Å². The van der Waals surface area contributed by atoms with Gasteiger partial charge in [0.2, 0.25) is 0 Å². The number of nitrogens with one attached hydrogen (secondary N) is 1. The van der Waals surface area contributed by atoms with Gasteiger partial charge in [-0.05, 0) is 24.1 Å². The minimum atomic E-state index is -1.09. The van der Waals surface area contributed by atoms with Crippen molar-refractivity contribution in [1.82, 2.24) is 9.97 Å². The fourth-order valence-corrected chi connectivity index (χ4v) is 1.72. The quantitative estimate of drug-likeness (QED) is 0.861. The number of carboxylic acids is 1. The molecule has 0 fully saturated rings. The predicted molar refractivity (Wildman–Crippen MR) is 72.7 cm³/mol. The van der Waals surface area contributed by atoms with Gasteiger partial charge in [-0.1, -0.05) is 25.5 Å². The minimum absolute atomic E-state index is 0.0763. The number of benzene rings is 1. The summed E-state index contributed by atoms with van der Waals surface area (Å²) in [7, 11) is 0. The summed E-state index contributed by atoms with van der Waals surface area (Å²) >= 11 is 0. The van der Waals surface area contributed by atoms with Crippen molar-refractivity contribution in [2.75, 3.05) is 5.32 Å². The molecule has 0 radical (unpaired) electrons. The maximum Gasteiger partial charge on any atom is 0.356 e. The molecule has 1 aromatic heterocycles. The summed E-state index contributed by atoms with van der Waals surface area (Å²) < 4.78 is 0. The molecule has 5 nitrogen and oxygen atoms in total. The zero-order valence-electron chi connectivity index (χ0n) is 10.6. The minimum Gasteiger partial charge on any atom is -0.476 e. The van der Waals surface area contributed by atoms with Crippen molar-refractivity contribution in [3.05, 3.63) is 47.9 Å². The highest BCUT2D eigenvalue weighted by Crippen LogP contribution is 2.15. The fourth-order valence-electron chi connectivity index (χ4n) is 1.72. The summed E-state index contributed by atoms with van der Waals surface area (Å²) in [5.41, 5.74) is 2.06. The average molecular weight is 257 g/mol. The summed E-state index contributed by atoms with van der Waals surface area (Å²) in [5, 5.41) is 11.9. The van der Waals surface area contributed by atoms with E-state index in [0.717, 1.165) is 18.5 Å². The van der Waals surface area contributed by atoms with Crippen LogP contribution in [-0.2, 0) is 6.42 Å².